The number of primary amides is 1. The van der Waals surface area contributed by atoms with E-state index < -0.39 is 5.91 Å². The lowest BCUT2D eigenvalue weighted by atomic mass is 10.1. The standard InChI is InChI=1S/C17H20N2O4S/c1-4-13-10(2)24-17(15(13)16(18)21)19-14(20)9-23-12-7-5-11(22-3)6-8-12/h5-8H,4,9H2,1-3H3,(H2,18,21)(H,19,20). The van der Waals surface area contributed by atoms with Gasteiger partial charge in [0, 0.05) is 4.88 Å². The number of carbonyl (C=O) groups is 2. The molecule has 3 N–H and O–H groups in total. The number of hydrogen-bond donors (Lipinski definition) is 2. The lowest BCUT2D eigenvalue weighted by Gasteiger charge is -2.08. The van der Waals surface area contributed by atoms with Crippen LogP contribution in [-0.2, 0) is 11.2 Å². The maximum absolute atomic E-state index is 12.1. The van der Waals surface area contributed by atoms with Crippen LogP contribution in [0.4, 0.5) is 5.00 Å². The van der Waals surface area contributed by atoms with Gasteiger partial charge in [0.1, 0.15) is 16.5 Å². The van der Waals surface area contributed by atoms with Gasteiger partial charge in [0.2, 0.25) is 0 Å². The van der Waals surface area contributed by atoms with Crippen LogP contribution in [0.15, 0.2) is 24.3 Å². The van der Waals surface area contributed by atoms with Crippen molar-refractivity contribution in [2.75, 3.05) is 19.0 Å². The van der Waals surface area contributed by atoms with Crippen molar-refractivity contribution in [1.29, 1.82) is 0 Å². The molecular formula is C17H20N2O4S. The highest BCUT2D eigenvalue weighted by Gasteiger charge is 2.20. The number of methoxy groups -OCH3 is 1. The molecule has 0 saturated carbocycles. The highest BCUT2D eigenvalue weighted by Crippen LogP contribution is 2.33. The topological polar surface area (TPSA) is 90.7 Å². The number of thiophene rings is 1. The second-order valence-electron chi connectivity index (χ2n) is 5.07. The SMILES string of the molecule is CCc1c(C)sc(NC(=O)COc2ccc(OC)cc2)c1C(N)=O. The number of amides is 2. The van der Waals surface area contributed by atoms with Gasteiger partial charge in [-0.3, -0.25) is 9.59 Å². The fraction of sp³-hybridized carbons (Fsp3) is 0.294. The summed E-state index contributed by atoms with van der Waals surface area (Å²) in [6.45, 7) is 3.68. The number of benzene rings is 1. The van der Waals surface area contributed by atoms with Gasteiger partial charge in [-0.15, -0.1) is 11.3 Å². The summed E-state index contributed by atoms with van der Waals surface area (Å²) in [7, 11) is 1.58. The largest absolute Gasteiger partial charge is 0.497 e. The number of anilines is 1. The second kappa shape index (κ2) is 7.83. The molecule has 1 heterocycles. The Hall–Kier alpha value is -2.54. The summed E-state index contributed by atoms with van der Waals surface area (Å²) in [6.07, 6.45) is 0.679. The monoisotopic (exact) mass is 348 g/mol. The van der Waals surface area contributed by atoms with E-state index >= 15 is 0 Å². The van der Waals surface area contributed by atoms with Crippen LogP contribution in [-0.4, -0.2) is 25.5 Å². The molecule has 0 bridgehead atoms. The van der Waals surface area contributed by atoms with Crippen molar-refractivity contribution >= 4 is 28.2 Å². The van der Waals surface area contributed by atoms with Crippen LogP contribution in [0, 0.1) is 6.92 Å². The molecule has 0 saturated heterocycles. The summed E-state index contributed by atoms with van der Waals surface area (Å²) in [5.74, 6) is 0.372. The molecule has 1 aromatic heterocycles. The van der Waals surface area contributed by atoms with E-state index in [1.54, 1.807) is 31.4 Å². The summed E-state index contributed by atoms with van der Waals surface area (Å²) >= 11 is 1.34. The Kier molecular flexibility index (Phi) is 5.81. The predicted octanol–water partition coefficient (Wildman–Crippen LogP) is 2.74. The first kappa shape index (κ1) is 17.8. The minimum absolute atomic E-state index is 0.164. The Labute approximate surface area is 144 Å². The number of nitrogens with two attached hydrogens (primary N) is 1. The smallest absolute Gasteiger partial charge is 0.262 e. The number of rotatable bonds is 7. The molecule has 0 aliphatic heterocycles. The quantitative estimate of drug-likeness (QED) is 0.805. The molecule has 0 radical (unpaired) electrons. The van der Waals surface area contributed by atoms with Crippen LogP contribution in [0.1, 0.15) is 27.7 Å². The summed E-state index contributed by atoms with van der Waals surface area (Å²) < 4.78 is 10.5. The van der Waals surface area contributed by atoms with E-state index in [1.807, 2.05) is 13.8 Å². The maximum atomic E-state index is 12.1. The summed E-state index contributed by atoms with van der Waals surface area (Å²) in [4.78, 5) is 24.7. The summed E-state index contributed by atoms with van der Waals surface area (Å²) in [5, 5.41) is 3.18. The van der Waals surface area contributed by atoms with Crippen molar-refractivity contribution in [3.8, 4) is 11.5 Å². The third kappa shape index (κ3) is 4.05. The summed E-state index contributed by atoms with van der Waals surface area (Å²) in [6, 6.07) is 6.92. The molecule has 0 fully saturated rings. The Morgan fingerprint density at radius 1 is 1.21 bits per heavy atom. The molecule has 0 aliphatic carbocycles. The average molecular weight is 348 g/mol. The van der Waals surface area contributed by atoms with Crippen LogP contribution in [0.2, 0.25) is 0 Å². The molecular weight excluding hydrogens is 328 g/mol. The van der Waals surface area contributed by atoms with Crippen LogP contribution >= 0.6 is 11.3 Å². The molecule has 2 rings (SSSR count). The van der Waals surface area contributed by atoms with E-state index in [1.165, 1.54) is 11.3 Å². The van der Waals surface area contributed by atoms with Gasteiger partial charge in [0.25, 0.3) is 11.8 Å². The van der Waals surface area contributed by atoms with Gasteiger partial charge < -0.3 is 20.5 Å². The van der Waals surface area contributed by atoms with Crippen LogP contribution in [0.5, 0.6) is 11.5 Å². The fourth-order valence-corrected chi connectivity index (χ4v) is 3.50. The fourth-order valence-electron chi connectivity index (χ4n) is 2.34. The van der Waals surface area contributed by atoms with Crippen LogP contribution in [0.25, 0.3) is 0 Å². The van der Waals surface area contributed by atoms with Gasteiger partial charge in [-0.2, -0.15) is 0 Å². The highest BCUT2D eigenvalue weighted by atomic mass is 32.1. The van der Waals surface area contributed by atoms with E-state index in [0.717, 1.165) is 10.4 Å². The lowest BCUT2D eigenvalue weighted by molar-refractivity contribution is -0.118. The predicted molar refractivity (Wildman–Crippen MR) is 94.1 cm³/mol. The van der Waals surface area contributed by atoms with Gasteiger partial charge in [0.05, 0.1) is 12.7 Å². The summed E-state index contributed by atoms with van der Waals surface area (Å²) in [5.41, 5.74) is 6.71. The normalized spacial score (nSPS) is 10.3. The van der Waals surface area contributed by atoms with Gasteiger partial charge in [-0.05, 0) is 43.2 Å². The zero-order valence-corrected chi connectivity index (χ0v) is 14.7. The van der Waals surface area contributed by atoms with E-state index in [4.69, 9.17) is 15.2 Å². The first-order chi connectivity index (χ1) is 11.5. The molecule has 6 nitrogen and oxygen atoms in total. The number of hydrogen-bond acceptors (Lipinski definition) is 5. The first-order valence-corrected chi connectivity index (χ1v) is 8.26. The van der Waals surface area contributed by atoms with Crippen molar-refractivity contribution in [2.24, 2.45) is 5.73 Å². The van der Waals surface area contributed by atoms with Gasteiger partial charge >= 0.3 is 0 Å². The van der Waals surface area contributed by atoms with Crippen molar-refractivity contribution in [2.45, 2.75) is 20.3 Å². The molecule has 1 aromatic carbocycles. The third-order valence-electron chi connectivity index (χ3n) is 3.49. The van der Waals surface area contributed by atoms with Crippen molar-refractivity contribution < 1.29 is 19.1 Å². The zero-order chi connectivity index (χ0) is 17.7. The van der Waals surface area contributed by atoms with E-state index in [0.29, 0.717) is 28.5 Å². The van der Waals surface area contributed by atoms with Crippen LogP contribution in [0.3, 0.4) is 0 Å². The first-order valence-electron chi connectivity index (χ1n) is 7.45. The van der Waals surface area contributed by atoms with Crippen molar-refractivity contribution in [3.63, 3.8) is 0 Å². The van der Waals surface area contributed by atoms with Gasteiger partial charge in [-0.1, -0.05) is 6.92 Å². The Morgan fingerprint density at radius 2 is 1.83 bits per heavy atom. The lowest BCUT2D eigenvalue weighted by Crippen LogP contribution is -2.22. The van der Waals surface area contributed by atoms with E-state index in [2.05, 4.69) is 5.32 Å². The number of nitrogens with one attached hydrogen (secondary N) is 1. The minimum Gasteiger partial charge on any atom is -0.497 e. The van der Waals surface area contributed by atoms with Gasteiger partial charge in [-0.25, -0.2) is 0 Å². The molecule has 7 heteroatoms. The Morgan fingerprint density at radius 3 is 2.38 bits per heavy atom. The molecule has 0 aliphatic rings. The Bertz CT molecular complexity index is 738. The number of carbonyl (C=O) groups excluding carboxylic acids is 2. The second-order valence-corrected chi connectivity index (χ2v) is 6.30. The molecule has 2 aromatic rings. The van der Waals surface area contributed by atoms with Crippen LogP contribution < -0.4 is 20.5 Å². The van der Waals surface area contributed by atoms with Crippen molar-refractivity contribution in [3.05, 3.63) is 40.3 Å². The average Bonchev–Trinajstić information content (AvgIpc) is 2.88. The zero-order valence-electron chi connectivity index (χ0n) is 13.8. The Balaban J connectivity index is 2.03. The minimum atomic E-state index is -0.539. The molecule has 2 amide bonds. The number of ether oxygens (including phenoxy) is 2. The third-order valence-corrected chi connectivity index (χ3v) is 4.55. The molecule has 128 valence electrons. The number of aryl methyl sites for hydroxylation is 1. The molecule has 24 heavy (non-hydrogen) atoms. The molecule has 0 spiro atoms. The maximum Gasteiger partial charge on any atom is 0.262 e. The van der Waals surface area contributed by atoms with E-state index in [-0.39, 0.29) is 12.5 Å². The molecule has 0 atom stereocenters. The molecule has 0 unspecified atom stereocenters. The highest BCUT2D eigenvalue weighted by molar-refractivity contribution is 7.16. The van der Waals surface area contributed by atoms with Gasteiger partial charge in [0.15, 0.2) is 6.61 Å². The van der Waals surface area contributed by atoms with Crippen molar-refractivity contribution in [1.82, 2.24) is 0 Å². The van der Waals surface area contributed by atoms with E-state index in [9.17, 15) is 9.59 Å².